The lowest BCUT2D eigenvalue weighted by atomic mass is 10.1. The SMILES string of the molecule is C=CC(=O)N(c1cccc(N2Cc3cnc(Nc4cn(C)nc4Cl)nc3N(c3cccc(NC(=O)/C=C/CF)c3)C2=O)c1)c1cccc(N2C(=O)N(c3ccccc3)Cc3cnc(Nc4cn(C)nc4C)nc32)c1. The van der Waals surface area contributed by atoms with E-state index >= 15 is 4.79 Å². The first kappa shape index (κ1) is 47.9. The van der Waals surface area contributed by atoms with Gasteiger partial charge in [0.2, 0.25) is 17.8 Å². The van der Waals surface area contributed by atoms with Crippen LogP contribution in [0.1, 0.15) is 16.8 Å². The van der Waals surface area contributed by atoms with E-state index in [1.807, 2.05) is 50.5 Å². The average molecular weight is 1010 g/mol. The van der Waals surface area contributed by atoms with Gasteiger partial charge in [-0.05, 0) is 85.8 Å². The number of para-hydroxylation sites is 1. The fourth-order valence-electron chi connectivity index (χ4n) is 8.53. The molecule has 0 atom stereocenters. The number of rotatable bonds is 14. The number of urea groups is 2. The number of halogens is 2. The summed E-state index contributed by atoms with van der Waals surface area (Å²) >= 11 is 6.36. The standard InChI is InChI=1S/C52H44ClFN16O4/c1-5-45(72)68(40-19-11-20-41(25-40)70-48-33(28-66(51(70)73)36-14-7-6-8-15-36)26-55-49(60-48)58-42-30-64(3)62-32(42)2)39-18-10-16-37(24-39)67-29-34-27-56-50(59-43-31-65(4)63-46(43)53)61-47(34)69(52(67)74)38-17-9-13-35(23-38)57-44(71)21-12-22-54/h5-21,23-27,30-31H,1,22,28-29H2,2-4H3,(H,57,71)(H,55,58,60)(H,56,59,61)/b21-12+. The summed E-state index contributed by atoms with van der Waals surface area (Å²) in [7, 11) is 3.52. The molecule has 4 aromatic heterocycles. The summed E-state index contributed by atoms with van der Waals surface area (Å²) in [5, 5.41) is 17.8. The summed E-state index contributed by atoms with van der Waals surface area (Å²) in [6.07, 6.45) is 10.1. The number of aromatic nitrogens is 8. The minimum Gasteiger partial charge on any atom is -0.322 e. The van der Waals surface area contributed by atoms with Crippen LogP contribution in [0.2, 0.25) is 5.15 Å². The van der Waals surface area contributed by atoms with Crippen molar-refractivity contribution in [2.45, 2.75) is 20.0 Å². The number of benzene rings is 4. The third-order valence-corrected chi connectivity index (χ3v) is 12.1. The van der Waals surface area contributed by atoms with Crippen molar-refractivity contribution in [2.75, 3.05) is 47.1 Å². The zero-order valence-corrected chi connectivity index (χ0v) is 40.6. The second kappa shape index (κ2) is 20.2. The van der Waals surface area contributed by atoms with Crippen LogP contribution in [0.3, 0.4) is 0 Å². The highest BCUT2D eigenvalue weighted by Gasteiger charge is 2.37. The topological polar surface area (TPSA) is 208 Å². The maximum atomic E-state index is 15.1. The van der Waals surface area contributed by atoms with Crippen LogP contribution in [0.15, 0.2) is 153 Å². The lowest BCUT2D eigenvalue weighted by Gasteiger charge is -2.37. The van der Waals surface area contributed by atoms with Gasteiger partial charge < -0.3 is 16.0 Å². The third kappa shape index (κ3) is 9.56. The van der Waals surface area contributed by atoms with E-state index in [9.17, 15) is 18.8 Å². The minimum absolute atomic E-state index is 0.00480. The Hall–Kier alpha value is -9.76. The quantitative estimate of drug-likeness (QED) is 0.0870. The lowest BCUT2D eigenvalue weighted by Crippen LogP contribution is -2.45. The smallest absolute Gasteiger partial charge is 0.322 e. The molecule has 0 fully saturated rings. The first-order chi connectivity index (χ1) is 35.8. The van der Waals surface area contributed by atoms with Crippen LogP contribution in [0.5, 0.6) is 0 Å². The van der Waals surface area contributed by atoms with Crippen LogP contribution in [-0.4, -0.2) is 70.0 Å². The van der Waals surface area contributed by atoms with Crippen molar-refractivity contribution in [2.24, 2.45) is 14.1 Å². The van der Waals surface area contributed by atoms with Gasteiger partial charge in [0, 0.05) is 73.1 Å². The normalized spacial score (nSPS) is 13.2. The van der Waals surface area contributed by atoms with Crippen LogP contribution >= 0.6 is 11.6 Å². The first-order valence-electron chi connectivity index (χ1n) is 22.9. The molecule has 4 aromatic carbocycles. The second-order valence-corrected chi connectivity index (χ2v) is 17.3. The van der Waals surface area contributed by atoms with E-state index in [1.165, 1.54) is 30.4 Å². The minimum atomic E-state index is -0.818. The van der Waals surface area contributed by atoms with Crippen LogP contribution < -0.4 is 40.4 Å². The fourth-order valence-corrected chi connectivity index (χ4v) is 8.75. The number of fused-ring (bicyclic) bond motifs is 2. The highest BCUT2D eigenvalue weighted by atomic mass is 35.5. The molecular formula is C52H44ClFN16O4. The average Bonchev–Trinajstić information content (AvgIpc) is 3.90. The molecule has 2 aliphatic rings. The van der Waals surface area contributed by atoms with Gasteiger partial charge in [0.25, 0.3) is 5.91 Å². The monoisotopic (exact) mass is 1010 g/mol. The van der Waals surface area contributed by atoms with Gasteiger partial charge in [-0.3, -0.25) is 33.7 Å². The molecule has 0 aliphatic carbocycles. The summed E-state index contributed by atoms with van der Waals surface area (Å²) in [4.78, 5) is 82.9. The summed E-state index contributed by atoms with van der Waals surface area (Å²) in [5.41, 5.74) is 5.90. The number of alkyl halides is 1. The summed E-state index contributed by atoms with van der Waals surface area (Å²) < 4.78 is 16.1. The van der Waals surface area contributed by atoms with Crippen molar-refractivity contribution in [3.8, 4) is 0 Å². The predicted molar refractivity (Wildman–Crippen MR) is 281 cm³/mol. The molecule has 6 heterocycles. The second-order valence-electron chi connectivity index (χ2n) is 16.9. The molecule has 0 spiro atoms. The molecule has 2 aliphatic heterocycles. The first-order valence-corrected chi connectivity index (χ1v) is 23.3. The number of carbonyl (C=O) groups is 4. The number of nitrogens with zero attached hydrogens (tertiary/aromatic N) is 13. The number of nitrogens with one attached hydrogen (secondary N) is 3. The van der Waals surface area contributed by atoms with E-state index in [0.717, 1.165) is 17.8 Å². The van der Waals surface area contributed by atoms with Gasteiger partial charge in [-0.15, -0.1) is 0 Å². The zero-order valence-electron chi connectivity index (χ0n) is 39.9. The van der Waals surface area contributed by atoms with E-state index in [0.29, 0.717) is 68.1 Å². The Morgan fingerprint density at radius 3 is 1.84 bits per heavy atom. The van der Waals surface area contributed by atoms with Gasteiger partial charge in [0.15, 0.2) is 16.8 Å². The van der Waals surface area contributed by atoms with Crippen molar-refractivity contribution >= 4 is 110 Å². The molecular weight excluding hydrogens is 967 g/mol. The largest absolute Gasteiger partial charge is 0.335 e. The summed E-state index contributed by atoms with van der Waals surface area (Å²) in [5.74, 6) is -0.124. The fraction of sp³-hybridized carbons (Fsp3) is 0.115. The Morgan fingerprint density at radius 1 is 0.716 bits per heavy atom. The Labute approximate surface area is 427 Å². The van der Waals surface area contributed by atoms with Crippen molar-refractivity contribution in [1.82, 2.24) is 39.5 Å². The van der Waals surface area contributed by atoms with Gasteiger partial charge in [-0.1, -0.05) is 54.6 Å². The maximum Gasteiger partial charge on any atom is 0.335 e. The Bertz CT molecular complexity index is 3550. The lowest BCUT2D eigenvalue weighted by molar-refractivity contribution is -0.113. The van der Waals surface area contributed by atoms with Crippen LogP contribution in [-0.2, 0) is 36.8 Å². The molecule has 0 saturated carbocycles. The number of allylic oxidation sites excluding steroid dienone is 1. The van der Waals surface area contributed by atoms with E-state index in [2.05, 4.69) is 42.7 Å². The van der Waals surface area contributed by atoms with Crippen LogP contribution in [0.4, 0.5) is 88.7 Å². The molecule has 8 aromatic rings. The molecule has 370 valence electrons. The molecule has 0 saturated heterocycles. The van der Waals surface area contributed by atoms with E-state index < -0.39 is 30.6 Å². The highest BCUT2D eigenvalue weighted by Crippen LogP contribution is 2.42. The molecule has 3 N–H and O–H groups in total. The Kier molecular flexibility index (Phi) is 13.0. The highest BCUT2D eigenvalue weighted by molar-refractivity contribution is 6.32. The van der Waals surface area contributed by atoms with Crippen molar-refractivity contribution < 1.29 is 23.6 Å². The van der Waals surface area contributed by atoms with Gasteiger partial charge >= 0.3 is 12.1 Å². The number of hydrogen-bond donors (Lipinski definition) is 3. The van der Waals surface area contributed by atoms with E-state index in [1.54, 1.807) is 108 Å². The molecule has 20 nitrogen and oxygen atoms in total. The molecule has 10 rings (SSSR count). The molecule has 22 heteroatoms. The number of anilines is 13. The van der Waals surface area contributed by atoms with Crippen molar-refractivity contribution in [1.29, 1.82) is 0 Å². The van der Waals surface area contributed by atoms with Crippen LogP contribution in [0, 0.1) is 6.92 Å². The van der Waals surface area contributed by atoms with Crippen molar-refractivity contribution in [3.05, 3.63) is 175 Å². The van der Waals surface area contributed by atoms with Crippen LogP contribution in [0.25, 0.3) is 0 Å². The van der Waals surface area contributed by atoms with Gasteiger partial charge in [0.1, 0.15) is 6.67 Å². The predicted octanol–water partition coefficient (Wildman–Crippen LogP) is 10.1. The maximum absolute atomic E-state index is 15.1. The Morgan fingerprint density at radius 2 is 1.26 bits per heavy atom. The number of aryl methyl sites for hydroxylation is 3. The summed E-state index contributed by atoms with van der Waals surface area (Å²) in [6, 6.07) is 28.6. The van der Waals surface area contributed by atoms with Gasteiger partial charge in [0.05, 0.1) is 52.9 Å². The molecule has 6 amide bonds. The number of amides is 6. The molecule has 0 bridgehead atoms. The van der Waals surface area contributed by atoms with Gasteiger partial charge in [-0.25, -0.2) is 33.7 Å². The summed E-state index contributed by atoms with van der Waals surface area (Å²) in [6.45, 7) is 5.05. The number of carbonyl (C=O) groups excluding carboxylic acids is 4. The zero-order chi connectivity index (χ0) is 51.6. The van der Waals surface area contributed by atoms with E-state index in [-0.39, 0.29) is 36.0 Å². The third-order valence-electron chi connectivity index (χ3n) is 11.8. The van der Waals surface area contributed by atoms with E-state index in [4.69, 9.17) is 21.6 Å². The molecule has 74 heavy (non-hydrogen) atoms. The number of hydrogen-bond acceptors (Lipinski definition) is 12. The Balaban J connectivity index is 1.02. The molecule has 0 unspecified atom stereocenters. The molecule has 0 radical (unpaired) electrons. The van der Waals surface area contributed by atoms with Crippen molar-refractivity contribution in [3.63, 3.8) is 0 Å². The van der Waals surface area contributed by atoms with Gasteiger partial charge in [-0.2, -0.15) is 20.2 Å².